The van der Waals surface area contributed by atoms with Crippen LogP contribution >= 0.6 is 11.6 Å². The van der Waals surface area contributed by atoms with Crippen LogP contribution < -0.4 is 4.90 Å². The van der Waals surface area contributed by atoms with Gasteiger partial charge in [-0.3, -0.25) is 9.69 Å². The second-order valence-electron chi connectivity index (χ2n) is 7.45. The zero-order valence-electron chi connectivity index (χ0n) is 16.4. The van der Waals surface area contributed by atoms with Crippen LogP contribution in [0.4, 0.5) is 19.0 Å². The lowest BCUT2D eigenvalue weighted by Gasteiger charge is -2.27. The molecular formula is C21H20ClF3N4O2. The molecule has 0 radical (unpaired) electrons. The maximum Gasteiger partial charge on any atom is 0.417 e. The maximum atomic E-state index is 12.8. The fourth-order valence-corrected chi connectivity index (χ4v) is 4.17. The number of nitrogens with zero attached hydrogens (tertiary/aromatic N) is 3. The summed E-state index contributed by atoms with van der Waals surface area (Å²) >= 11 is 6.03. The van der Waals surface area contributed by atoms with E-state index in [9.17, 15) is 23.1 Å². The number of pyridine rings is 1. The van der Waals surface area contributed by atoms with Crippen LogP contribution in [0, 0.1) is 0 Å². The number of carbonyl (C=O) groups is 1. The highest BCUT2D eigenvalue weighted by atomic mass is 35.5. The SMILES string of the molecule is O=C(O)[C@@H](c1c[nH]c2cc(Cl)ccc12)N1CCCN(c2ccc(C(F)(F)F)cn2)CC1. The van der Waals surface area contributed by atoms with Gasteiger partial charge in [-0.2, -0.15) is 13.2 Å². The Balaban J connectivity index is 1.54. The molecule has 0 saturated carbocycles. The number of alkyl halides is 3. The molecule has 0 amide bonds. The van der Waals surface area contributed by atoms with Gasteiger partial charge in [0.2, 0.25) is 0 Å². The van der Waals surface area contributed by atoms with Crippen LogP contribution in [0.1, 0.15) is 23.6 Å². The van der Waals surface area contributed by atoms with Crippen molar-refractivity contribution in [1.82, 2.24) is 14.9 Å². The second kappa shape index (κ2) is 8.39. The van der Waals surface area contributed by atoms with Crippen LogP contribution in [0.5, 0.6) is 0 Å². The smallest absolute Gasteiger partial charge is 0.417 e. The summed E-state index contributed by atoms with van der Waals surface area (Å²) in [5.74, 6) is -0.514. The number of rotatable bonds is 4. The van der Waals surface area contributed by atoms with E-state index in [0.29, 0.717) is 49.0 Å². The van der Waals surface area contributed by atoms with Crippen LogP contribution in [-0.4, -0.2) is 52.1 Å². The molecule has 164 valence electrons. The van der Waals surface area contributed by atoms with E-state index in [1.165, 1.54) is 6.07 Å². The number of nitrogens with one attached hydrogen (secondary N) is 1. The van der Waals surface area contributed by atoms with Crippen LogP contribution in [0.15, 0.2) is 42.7 Å². The first-order chi connectivity index (χ1) is 14.7. The van der Waals surface area contributed by atoms with E-state index in [0.717, 1.165) is 23.2 Å². The van der Waals surface area contributed by atoms with E-state index in [1.54, 1.807) is 24.4 Å². The number of aliphatic carboxylic acids is 1. The molecule has 1 aliphatic rings. The number of H-pyrrole nitrogens is 1. The molecule has 0 aliphatic carbocycles. The number of fused-ring (bicyclic) bond motifs is 1. The fraction of sp³-hybridized carbons (Fsp3) is 0.333. The summed E-state index contributed by atoms with van der Waals surface area (Å²) in [5.41, 5.74) is 0.623. The summed E-state index contributed by atoms with van der Waals surface area (Å²) in [6.45, 7) is 2.00. The van der Waals surface area contributed by atoms with Gasteiger partial charge in [0.15, 0.2) is 0 Å². The van der Waals surface area contributed by atoms with Gasteiger partial charge in [-0.05, 0) is 30.7 Å². The molecule has 1 fully saturated rings. The van der Waals surface area contributed by atoms with Crippen molar-refractivity contribution in [2.75, 3.05) is 31.1 Å². The largest absolute Gasteiger partial charge is 0.480 e. The molecule has 4 rings (SSSR count). The molecule has 31 heavy (non-hydrogen) atoms. The van der Waals surface area contributed by atoms with Crippen LogP contribution in [0.2, 0.25) is 5.02 Å². The lowest BCUT2D eigenvalue weighted by molar-refractivity contribution is -0.143. The molecule has 2 aromatic heterocycles. The van der Waals surface area contributed by atoms with E-state index in [-0.39, 0.29) is 0 Å². The first-order valence-corrected chi connectivity index (χ1v) is 10.1. The third kappa shape index (κ3) is 4.47. The van der Waals surface area contributed by atoms with E-state index in [2.05, 4.69) is 9.97 Å². The topological polar surface area (TPSA) is 72.5 Å². The number of halogens is 4. The monoisotopic (exact) mass is 452 g/mol. The number of carboxylic acid groups (broad SMARTS) is 1. The van der Waals surface area contributed by atoms with Gasteiger partial charge in [0.05, 0.1) is 5.56 Å². The van der Waals surface area contributed by atoms with Crippen molar-refractivity contribution in [3.8, 4) is 0 Å². The van der Waals surface area contributed by atoms with E-state index in [1.807, 2.05) is 9.80 Å². The van der Waals surface area contributed by atoms with E-state index < -0.39 is 23.8 Å². The first-order valence-electron chi connectivity index (χ1n) is 9.75. The second-order valence-corrected chi connectivity index (χ2v) is 7.89. The average Bonchev–Trinajstić information content (AvgIpc) is 2.96. The van der Waals surface area contributed by atoms with Crippen LogP contribution in [0.3, 0.4) is 0 Å². The lowest BCUT2D eigenvalue weighted by Crippen LogP contribution is -2.37. The number of hydrogen-bond donors (Lipinski definition) is 2. The fourth-order valence-electron chi connectivity index (χ4n) is 4.00. The van der Waals surface area contributed by atoms with Crippen molar-refractivity contribution < 1.29 is 23.1 Å². The minimum Gasteiger partial charge on any atom is -0.480 e. The predicted molar refractivity (Wildman–Crippen MR) is 111 cm³/mol. The van der Waals surface area contributed by atoms with Crippen molar-refractivity contribution in [3.05, 3.63) is 58.9 Å². The molecule has 6 nitrogen and oxygen atoms in total. The van der Waals surface area contributed by atoms with Crippen LogP contribution in [-0.2, 0) is 11.0 Å². The van der Waals surface area contributed by atoms with Gasteiger partial charge in [-0.25, -0.2) is 4.98 Å². The minimum absolute atomic E-state index is 0.430. The molecule has 2 N–H and O–H groups in total. The number of hydrogen-bond acceptors (Lipinski definition) is 4. The summed E-state index contributed by atoms with van der Waals surface area (Å²) in [6, 6.07) is 6.80. The van der Waals surface area contributed by atoms with Crippen LogP contribution in [0.25, 0.3) is 10.9 Å². The molecule has 3 heterocycles. The standard InChI is InChI=1S/C21H20ClF3N4O2/c22-14-3-4-15-16(12-26-17(15)10-14)19(20(30)31)29-7-1-6-28(8-9-29)18-5-2-13(11-27-18)21(23,24)25/h2-5,10-12,19,26H,1,6-9H2,(H,30,31)/t19-/m1/s1. The summed E-state index contributed by atoms with van der Waals surface area (Å²) in [6.07, 6.45) is -1.25. The first kappa shape index (κ1) is 21.5. The number of aromatic amines is 1. The molecule has 3 aromatic rings. The lowest BCUT2D eigenvalue weighted by atomic mass is 10.0. The van der Waals surface area contributed by atoms with Gasteiger partial charge in [-0.15, -0.1) is 0 Å². The Labute approximate surface area is 181 Å². The number of anilines is 1. The quantitative estimate of drug-likeness (QED) is 0.606. The molecule has 1 saturated heterocycles. The van der Waals surface area contributed by atoms with Crippen molar-refractivity contribution in [3.63, 3.8) is 0 Å². The predicted octanol–water partition coefficient (Wildman–Crippen LogP) is 4.57. The normalized spacial score (nSPS) is 17.0. The molecule has 0 spiro atoms. The highest BCUT2D eigenvalue weighted by Gasteiger charge is 2.33. The third-order valence-corrected chi connectivity index (χ3v) is 5.73. The Morgan fingerprint density at radius 1 is 1.16 bits per heavy atom. The molecule has 0 bridgehead atoms. The number of carboxylic acids is 1. The number of aromatic nitrogens is 2. The third-order valence-electron chi connectivity index (χ3n) is 5.50. The van der Waals surface area contributed by atoms with Crippen molar-refractivity contribution in [1.29, 1.82) is 0 Å². The number of benzene rings is 1. The van der Waals surface area contributed by atoms with Crippen molar-refractivity contribution >= 4 is 34.3 Å². The Hall–Kier alpha value is -2.78. The van der Waals surface area contributed by atoms with Gasteiger partial charge in [0.25, 0.3) is 0 Å². The Kier molecular flexibility index (Phi) is 5.81. The van der Waals surface area contributed by atoms with E-state index >= 15 is 0 Å². The molecule has 10 heteroatoms. The summed E-state index contributed by atoms with van der Waals surface area (Å²) in [5, 5.41) is 11.3. The highest BCUT2D eigenvalue weighted by molar-refractivity contribution is 6.31. The molecule has 0 unspecified atom stereocenters. The maximum absolute atomic E-state index is 12.8. The summed E-state index contributed by atoms with van der Waals surface area (Å²) < 4.78 is 38.4. The van der Waals surface area contributed by atoms with Gasteiger partial charge >= 0.3 is 12.1 Å². The molecule has 1 atom stereocenters. The summed E-state index contributed by atoms with van der Waals surface area (Å²) in [4.78, 5) is 23.0. The Morgan fingerprint density at radius 3 is 2.65 bits per heavy atom. The highest BCUT2D eigenvalue weighted by Crippen LogP contribution is 2.32. The van der Waals surface area contributed by atoms with Crippen molar-refractivity contribution in [2.24, 2.45) is 0 Å². The Morgan fingerprint density at radius 2 is 1.97 bits per heavy atom. The zero-order chi connectivity index (χ0) is 22.2. The Bertz CT molecular complexity index is 1080. The minimum atomic E-state index is -4.43. The van der Waals surface area contributed by atoms with Gasteiger partial charge in [-0.1, -0.05) is 17.7 Å². The zero-order valence-corrected chi connectivity index (χ0v) is 17.1. The van der Waals surface area contributed by atoms with E-state index in [4.69, 9.17) is 11.6 Å². The molecular weight excluding hydrogens is 433 g/mol. The molecule has 1 aliphatic heterocycles. The van der Waals surface area contributed by atoms with Gasteiger partial charge < -0.3 is 15.0 Å². The van der Waals surface area contributed by atoms with Gasteiger partial charge in [0, 0.05) is 60.1 Å². The average molecular weight is 453 g/mol. The summed E-state index contributed by atoms with van der Waals surface area (Å²) in [7, 11) is 0. The van der Waals surface area contributed by atoms with Gasteiger partial charge in [0.1, 0.15) is 11.9 Å². The van der Waals surface area contributed by atoms with Crippen molar-refractivity contribution in [2.45, 2.75) is 18.6 Å². The molecule has 1 aromatic carbocycles.